The van der Waals surface area contributed by atoms with Crippen LogP contribution in [-0.4, -0.2) is 23.2 Å². The molecule has 1 aliphatic rings. The first-order chi connectivity index (χ1) is 11.0. The van der Waals surface area contributed by atoms with Crippen molar-refractivity contribution >= 4 is 22.5 Å². The van der Waals surface area contributed by atoms with Crippen LogP contribution < -0.4 is 4.74 Å². The van der Waals surface area contributed by atoms with Gasteiger partial charge in [0.25, 0.3) is 0 Å². The second-order valence-electron chi connectivity index (χ2n) is 5.83. The molecule has 0 fully saturated rings. The standard InChI is InChI=1S/C19H15NO3/c1-10-8-11(23-3)9-14-15-17(20(2)16(10)14)19(22)13-7-5-4-6-12(13)18(15)21/h4-9H,1-3H3. The number of ether oxygens (including phenoxy) is 1. The lowest BCUT2D eigenvalue weighted by molar-refractivity contribution is 0.0975. The summed E-state index contributed by atoms with van der Waals surface area (Å²) in [6.45, 7) is 1.96. The number of methoxy groups -OCH3 is 1. The van der Waals surface area contributed by atoms with Crippen LogP contribution in [0.2, 0.25) is 0 Å². The van der Waals surface area contributed by atoms with Crippen LogP contribution >= 0.6 is 0 Å². The first kappa shape index (κ1) is 13.8. The van der Waals surface area contributed by atoms with Crippen LogP contribution in [0.4, 0.5) is 0 Å². The molecule has 0 saturated carbocycles. The van der Waals surface area contributed by atoms with Gasteiger partial charge >= 0.3 is 0 Å². The van der Waals surface area contributed by atoms with E-state index in [-0.39, 0.29) is 11.6 Å². The SMILES string of the molecule is COc1cc(C)c2c(c1)c1c(n2C)C(=O)c2ccccc2C1=O. The molecule has 3 aromatic rings. The topological polar surface area (TPSA) is 48.3 Å². The van der Waals surface area contributed by atoms with E-state index in [1.807, 2.05) is 30.7 Å². The Labute approximate surface area is 133 Å². The molecule has 1 aromatic heterocycles. The summed E-state index contributed by atoms with van der Waals surface area (Å²) in [5.41, 5.74) is 3.75. The van der Waals surface area contributed by atoms with Gasteiger partial charge in [-0.25, -0.2) is 0 Å². The van der Waals surface area contributed by atoms with E-state index in [9.17, 15) is 9.59 Å². The maximum absolute atomic E-state index is 13.0. The number of carbonyl (C=O) groups is 2. The van der Waals surface area contributed by atoms with Crippen molar-refractivity contribution in [3.05, 3.63) is 64.3 Å². The third-order valence-electron chi connectivity index (χ3n) is 4.55. The Morgan fingerprint density at radius 2 is 1.65 bits per heavy atom. The van der Waals surface area contributed by atoms with Crippen molar-refractivity contribution in [1.82, 2.24) is 4.57 Å². The van der Waals surface area contributed by atoms with Crippen LogP contribution in [0.5, 0.6) is 5.75 Å². The molecule has 4 rings (SSSR count). The fraction of sp³-hybridized carbons (Fsp3) is 0.158. The van der Waals surface area contributed by atoms with Crippen LogP contribution in [-0.2, 0) is 7.05 Å². The molecule has 1 heterocycles. The zero-order chi connectivity index (χ0) is 16.3. The largest absolute Gasteiger partial charge is 0.497 e. The summed E-state index contributed by atoms with van der Waals surface area (Å²) in [7, 11) is 3.43. The lowest BCUT2D eigenvalue weighted by Gasteiger charge is -2.15. The van der Waals surface area contributed by atoms with Gasteiger partial charge in [0.1, 0.15) is 11.4 Å². The molecule has 0 unspecified atom stereocenters. The first-order valence-corrected chi connectivity index (χ1v) is 7.40. The van der Waals surface area contributed by atoms with Crippen LogP contribution in [0.25, 0.3) is 10.9 Å². The fourth-order valence-electron chi connectivity index (χ4n) is 3.54. The maximum atomic E-state index is 13.0. The number of hydrogen-bond donors (Lipinski definition) is 0. The normalized spacial score (nSPS) is 13.2. The molecule has 114 valence electrons. The molecule has 0 aliphatic heterocycles. The van der Waals surface area contributed by atoms with Gasteiger partial charge in [-0.15, -0.1) is 0 Å². The van der Waals surface area contributed by atoms with Crippen molar-refractivity contribution in [2.75, 3.05) is 7.11 Å². The van der Waals surface area contributed by atoms with E-state index in [2.05, 4.69) is 0 Å². The summed E-state index contributed by atoms with van der Waals surface area (Å²) < 4.78 is 7.16. The van der Waals surface area contributed by atoms with Gasteiger partial charge in [-0.05, 0) is 24.6 Å². The molecular formula is C19H15NO3. The van der Waals surface area contributed by atoms with Gasteiger partial charge in [0, 0.05) is 23.6 Å². The number of hydrogen-bond acceptors (Lipinski definition) is 3. The molecule has 0 saturated heterocycles. The van der Waals surface area contributed by atoms with E-state index >= 15 is 0 Å². The highest BCUT2D eigenvalue weighted by molar-refractivity contribution is 6.32. The van der Waals surface area contributed by atoms with E-state index in [0.717, 1.165) is 16.5 Å². The number of fused-ring (bicyclic) bond motifs is 4. The molecule has 1 aliphatic carbocycles. The predicted octanol–water partition coefficient (Wildman–Crippen LogP) is 3.27. The van der Waals surface area contributed by atoms with E-state index in [1.165, 1.54) is 0 Å². The third kappa shape index (κ3) is 1.66. The van der Waals surface area contributed by atoms with E-state index in [4.69, 9.17) is 4.74 Å². The summed E-state index contributed by atoms with van der Waals surface area (Å²) in [4.78, 5) is 25.9. The molecule has 0 bridgehead atoms. The van der Waals surface area contributed by atoms with Crippen molar-refractivity contribution in [3.63, 3.8) is 0 Å². The smallest absolute Gasteiger partial charge is 0.210 e. The van der Waals surface area contributed by atoms with Gasteiger partial charge in [0.15, 0.2) is 5.78 Å². The number of rotatable bonds is 1. The molecule has 0 amide bonds. The Bertz CT molecular complexity index is 1010. The number of carbonyl (C=O) groups excluding carboxylic acids is 2. The van der Waals surface area contributed by atoms with Crippen LogP contribution in [0.15, 0.2) is 36.4 Å². The number of aromatic nitrogens is 1. The monoisotopic (exact) mass is 305 g/mol. The zero-order valence-corrected chi connectivity index (χ0v) is 13.1. The van der Waals surface area contributed by atoms with Gasteiger partial charge < -0.3 is 9.30 Å². The molecule has 4 heteroatoms. The first-order valence-electron chi connectivity index (χ1n) is 7.40. The number of benzene rings is 2. The quantitative estimate of drug-likeness (QED) is 0.542. The highest BCUT2D eigenvalue weighted by Gasteiger charge is 2.35. The summed E-state index contributed by atoms with van der Waals surface area (Å²) >= 11 is 0. The van der Waals surface area contributed by atoms with Gasteiger partial charge in [-0.3, -0.25) is 9.59 Å². The van der Waals surface area contributed by atoms with Crippen LogP contribution in [0.1, 0.15) is 37.5 Å². The fourth-order valence-corrected chi connectivity index (χ4v) is 3.54. The van der Waals surface area contributed by atoms with Gasteiger partial charge in [-0.1, -0.05) is 24.3 Å². The van der Waals surface area contributed by atoms with Crippen molar-refractivity contribution in [1.29, 1.82) is 0 Å². The Morgan fingerprint density at radius 3 is 2.30 bits per heavy atom. The van der Waals surface area contributed by atoms with Gasteiger partial charge in [-0.2, -0.15) is 0 Å². The Balaban J connectivity index is 2.16. The number of nitrogens with zero attached hydrogens (tertiary/aromatic N) is 1. The predicted molar refractivity (Wildman–Crippen MR) is 87.5 cm³/mol. The Morgan fingerprint density at radius 1 is 1.00 bits per heavy atom. The molecular weight excluding hydrogens is 290 g/mol. The summed E-state index contributed by atoms with van der Waals surface area (Å²) in [5, 5.41) is 0.771. The second kappa shape index (κ2) is 4.56. The second-order valence-corrected chi connectivity index (χ2v) is 5.83. The van der Waals surface area contributed by atoms with Crippen molar-refractivity contribution in [2.24, 2.45) is 7.05 Å². The Kier molecular flexibility index (Phi) is 2.73. The number of aryl methyl sites for hydroxylation is 2. The van der Waals surface area contributed by atoms with Crippen molar-refractivity contribution in [2.45, 2.75) is 6.92 Å². The molecule has 4 nitrogen and oxygen atoms in total. The maximum Gasteiger partial charge on any atom is 0.210 e. The minimum atomic E-state index is -0.104. The minimum absolute atomic E-state index is 0.103. The third-order valence-corrected chi connectivity index (χ3v) is 4.55. The molecule has 0 radical (unpaired) electrons. The van der Waals surface area contributed by atoms with Crippen molar-refractivity contribution < 1.29 is 14.3 Å². The average Bonchev–Trinajstić information content (AvgIpc) is 2.86. The lowest BCUT2D eigenvalue weighted by atomic mass is 9.87. The highest BCUT2D eigenvalue weighted by Crippen LogP contribution is 2.37. The molecule has 0 N–H and O–H groups in total. The average molecular weight is 305 g/mol. The molecule has 0 spiro atoms. The van der Waals surface area contributed by atoms with E-state index in [0.29, 0.717) is 28.1 Å². The summed E-state index contributed by atoms with van der Waals surface area (Å²) in [6.07, 6.45) is 0. The Hall–Kier alpha value is -2.88. The summed E-state index contributed by atoms with van der Waals surface area (Å²) in [5.74, 6) is 0.475. The van der Waals surface area contributed by atoms with Crippen LogP contribution in [0, 0.1) is 6.92 Å². The van der Waals surface area contributed by atoms with Gasteiger partial charge in [0.05, 0.1) is 18.2 Å². The zero-order valence-electron chi connectivity index (χ0n) is 13.1. The lowest BCUT2D eigenvalue weighted by Crippen LogP contribution is -2.22. The minimum Gasteiger partial charge on any atom is -0.497 e. The molecule has 23 heavy (non-hydrogen) atoms. The highest BCUT2D eigenvalue weighted by atomic mass is 16.5. The van der Waals surface area contributed by atoms with Gasteiger partial charge in [0.2, 0.25) is 5.78 Å². The summed E-state index contributed by atoms with van der Waals surface area (Å²) in [6, 6.07) is 10.7. The molecule has 0 atom stereocenters. The van der Waals surface area contributed by atoms with E-state index < -0.39 is 0 Å². The van der Waals surface area contributed by atoms with Crippen molar-refractivity contribution in [3.8, 4) is 5.75 Å². The number of ketones is 2. The van der Waals surface area contributed by atoms with Crippen LogP contribution in [0.3, 0.4) is 0 Å². The van der Waals surface area contributed by atoms with E-state index in [1.54, 1.807) is 31.4 Å². The molecule has 2 aromatic carbocycles.